The monoisotopic (exact) mass is 448 g/mol. The molecule has 2 N–H and O–H groups in total. The Balaban J connectivity index is 1.90. The normalized spacial score (nSPS) is 19.4. The lowest BCUT2D eigenvalue weighted by Gasteiger charge is -2.18. The van der Waals surface area contributed by atoms with Crippen molar-refractivity contribution in [3.05, 3.63) is 65.2 Å². The van der Waals surface area contributed by atoms with Crippen LogP contribution in [0.15, 0.2) is 47.4 Å². The van der Waals surface area contributed by atoms with Crippen LogP contribution >= 0.6 is 0 Å². The molecule has 0 spiro atoms. The van der Waals surface area contributed by atoms with E-state index < -0.39 is 61.9 Å². The number of amides is 2. The number of sulfonamides is 1. The second-order valence-corrected chi connectivity index (χ2v) is 8.17. The molecule has 1 fully saturated rings. The van der Waals surface area contributed by atoms with E-state index in [1.54, 1.807) is 4.72 Å². The van der Waals surface area contributed by atoms with Crippen LogP contribution in [0.3, 0.4) is 0 Å². The fourth-order valence-corrected chi connectivity index (χ4v) is 4.10. The lowest BCUT2D eigenvalue weighted by Crippen LogP contribution is -2.40. The molecule has 0 bridgehead atoms. The Morgan fingerprint density at radius 3 is 2.30 bits per heavy atom. The third-order valence-corrected chi connectivity index (χ3v) is 5.91. The van der Waals surface area contributed by atoms with Gasteiger partial charge < -0.3 is 5.32 Å². The van der Waals surface area contributed by atoms with Crippen molar-refractivity contribution in [2.75, 3.05) is 6.54 Å². The topological polar surface area (TPSA) is 92.3 Å². The molecule has 0 unspecified atom stereocenters. The Morgan fingerprint density at radius 2 is 1.70 bits per heavy atom. The number of hydrogen-bond acceptors (Lipinski definition) is 4. The molecular weight excluding hydrogens is 435 g/mol. The molecule has 12 heteroatoms. The number of rotatable bonds is 4. The van der Waals surface area contributed by atoms with Crippen molar-refractivity contribution >= 4 is 21.8 Å². The summed E-state index contributed by atoms with van der Waals surface area (Å²) in [5.74, 6) is -7.26. The largest absolute Gasteiger partial charge is 0.419 e. The Morgan fingerprint density at radius 1 is 1.07 bits per heavy atom. The van der Waals surface area contributed by atoms with E-state index >= 15 is 0 Å². The van der Waals surface area contributed by atoms with Gasteiger partial charge in [-0.25, -0.2) is 21.9 Å². The van der Waals surface area contributed by atoms with E-state index in [-0.39, 0.29) is 12.1 Å². The third kappa shape index (κ3) is 4.27. The molecule has 2 aromatic rings. The summed E-state index contributed by atoms with van der Waals surface area (Å²) in [6.07, 6.45) is -5.00. The van der Waals surface area contributed by atoms with Crippen LogP contribution in [0, 0.1) is 17.6 Å². The SMILES string of the molecule is O=C1NC[C@H](c2ccc(F)c(C(F)(F)F)c2)[C@H]1C(=O)NS(=O)(=O)c1ccc(F)cc1. The van der Waals surface area contributed by atoms with Crippen LogP contribution in [0.25, 0.3) is 0 Å². The molecule has 1 heterocycles. The predicted molar refractivity (Wildman–Crippen MR) is 92.4 cm³/mol. The second-order valence-electron chi connectivity index (χ2n) is 6.49. The van der Waals surface area contributed by atoms with E-state index in [4.69, 9.17) is 0 Å². The highest BCUT2D eigenvalue weighted by molar-refractivity contribution is 7.90. The maximum Gasteiger partial charge on any atom is 0.419 e. The summed E-state index contributed by atoms with van der Waals surface area (Å²) in [5, 5.41) is 2.29. The van der Waals surface area contributed by atoms with E-state index in [1.165, 1.54) is 0 Å². The van der Waals surface area contributed by atoms with E-state index in [1.807, 2.05) is 0 Å². The highest BCUT2D eigenvalue weighted by atomic mass is 32.2. The number of benzene rings is 2. The van der Waals surface area contributed by atoms with E-state index in [0.29, 0.717) is 12.1 Å². The zero-order valence-electron chi connectivity index (χ0n) is 14.8. The number of hydrogen-bond donors (Lipinski definition) is 2. The maximum atomic E-state index is 13.5. The van der Waals surface area contributed by atoms with Gasteiger partial charge in [0.15, 0.2) is 0 Å². The van der Waals surface area contributed by atoms with Crippen molar-refractivity contribution in [3.8, 4) is 0 Å². The van der Waals surface area contributed by atoms with Gasteiger partial charge in [-0.1, -0.05) is 6.07 Å². The molecule has 6 nitrogen and oxygen atoms in total. The summed E-state index contributed by atoms with van der Waals surface area (Å²) >= 11 is 0. The molecule has 2 aromatic carbocycles. The summed E-state index contributed by atoms with van der Waals surface area (Å²) in [5.41, 5.74) is -1.74. The van der Waals surface area contributed by atoms with Crippen molar-refractivity contribution in [2.45, 2.75) is 17.0 Å². The molecule has 160 valence electrons. The molecule has 0 aromatic heterocycles. The molecule has 1 aliphatic heterocycles. The van der Waals surface area contributed by atoms with Crippen molar-refractivity contribution in [3.63, 3.8) is 0 Å². The zero-order chi connectivity index (χ0) is 22.3. The number of carbonyl (C=O) groups is 2. The summed E-state index contributed by atoms with van der Waals surface area (Å²) in [7, 11) is -4.47. The maximum absolute atomic E-state index is 13.5. The predicted octanol–water partition coefficient (Wildman–Crippen LogP) is 2.32. The van der Waals surface area contributed by atoms with Crippen LogP contribution in [0.5, 0.6) is 0 Å². The molecule has 2 atom stereocenters. The average molecular weight is 448 g/mol. The lowest BCUT2D eigenvalue weighted by molar-refractivity contribution is -0.140. The van der Waals surface area contributed by atoms with Crippen LogP contribution in [0.2, 0.25) is 0 Å². The zero-order valence-corrected chi connectivity index (χ0v) is 15.7. The van der Waals surface area contributed by atoms with E-state index in [2.05, 4.69) is 5.32 Å². The number of alkyl halides is 3. The first-order valence-corrected chi connectivity index (χ1v) is 9.85. The first-order chi connectivity index (χ1) is 13.9. The molecule has 0 aliphatic carbocycles. The van der Waals surface area contributed by atoms with E-state index in [9.17, 15) is 40.0 Å². The van der Waals surface area contributed by atoms with Gasteiger partial charge in [0, 0.05) is 12.5 Å². The van der Waals surface area contributed by atoms with Gasteiger partial charge in [0.05, 0.1) is 10.5 Å². The van der Waals surface area contributed by atoms with Gasteiger partial charge >= 0.3 is 6.18 Å². The molecular formula is C18H13F5N2O4S. The van der Waals surface area contributed by atoms with Crippen molar-refractivity contribution in [1.29, 1.82) is 0 Å². The minimum Gasteiger partial charge on any atom is -0.355 e. The van der Waals surface area contributed by atoms with Crippen LogP contribution in [-0.2, 0) is 25.8 Å². The number of carbonyl (C=O) groups excluding carboxylic acids is 2. The summed E-state index contributed by atoms with van der Waals surface area (Å²) in [6.45, 7) is -0.254. The molecule has 3 rings (SSSR count). The van der Waals surface area contributed by atoms with Crippen LogP contribution in [0.4, 0.5) is 22.0 Å². The summed E-state index contributed by atoms with van der Waals surface area (Å²) in [6, 6.07) is 5.52. The quantitative estimate of drug-likeness (QED) is 0.555. The van der Waals surface area contributed by atoms with Crippen molar-refractivity contribution in [2.24, 2.45) is 5.92 Å². The van der Waals surface area contributed by atoms with Crippen molar-refractivity contribution in [1.82, 2.24) is 10.0 Å². The number of nitrogens with one attached hydrogen (secondary N) is 2. The molecule has 1 saturated heterocycles. The molecule has 2 amide bonds. The van der Waals surface area contributed by atoms with Gasteiger partial charge in [-0.15, -0.1) is 0 Å². The van der Waals surface area contributed by atoms with Crippen LogP contribution < -0.4 is 10.0 Å². The minimum absolute atomic E-state index is 0.165. The highest BCUT2D eigenvalue weighted by Gasteiger charge is 2.43. The Kier molecular flexibility index (Phi) is 5.54. The van der Waals surface area contributed by atoms with Gasteiger partial charge in [0.1, 0.15) is 17.6 Å². The first kappa shape index (κ1) is 21.7. The van der Waals surface area contributed by atoms with Gasteiger partial charge in [-0.05, 0) is 42.0 Å². The number of halogens is 5. The summed E-state index contributed by atoms with van der Waals surface area (Å²) < 4.78 is 91.7. The van der Waals surface area contributed by atoms with Gasteiger partial charge in [0.2, 0.25) is 11.8 Å². The fraction of sp³-hybridized carbons (Fsp3) is 0.222. The van der Waals surface area contributed by atoms with E-state index in [0.717, 1.165) is 30.3 Å². The third-order valence-electron chi connectivity index (χ3n) is 4.55. The Hall–Kier alpha value is -3.02. The van der Waals surface area contributed by atoms with Crippen LogP contribution in [-0.4, -0.2) is 26.8 Å². The van der Waals surface area contributed by atoms with Gasteiger partial charge in [-0.2, -0.15) is 13.2 Å². The Bertz CT molecular complexity index is 1100. The van der Waals surface area contributed by atoms with Crippen molar-refractivity contribution < 1.29 is 40.0 Å². The first-order valence-electron chi connectivity index (χ1n) is 8.37. The summed E-state index contributed by atoms with van der Waals surface area (Å²) in [4.78, 5) is 24.2. The molecule has 0 saturated carbocycles. The van der Waals surface area contributed by atoms with Crippen LogP contribution in [0.1, 0.15) is 17.0 Å². The molecule has 1 aliphatic rings. The highest BCUT2D eigenvalue weighted by Crippen LogP contribution is 2.36. The average Bonchev–Trinajstić information content (AvgIpc) is 3.03. The lowest BCUT2D eigenvalue weighted by atomic mass is 9.87. The Labute approximate surface area is 167 Å². The molecule has 0 radical (unpaired) electrons. The smallest absolute Gasteiger partial charge is 0.355 e. The molecule has 30 heavy (non-hydrogen) atoms. The standard InChI is InChI=1S/C18H13F5N2O4S/c19-10-2-4-11(5-3-10)30(28,29)25-17(27)15-12(8-24-16(15)26)9-1-6-14(20)13(7-9)18(21,22)23/h1-7,12,15H,8H2,(H,24,26)(H,25,27)/t12-,15-/m1/s1. The second kappa shape index (κ2) is 7.67. The minimum atomic E-state index is -5.00. The van der Waals surface area contributed by atoms with Gasteiger partial charge in [-0.3, -0.25) is 9.59 Å². The van der Waals surface area contributed by atoms with Gasteiger partial charge in [0.25, 0.3) is 10.0 Å². The fourth-order valence-electron chi connectivity index (χ4n) is 3.09.